The van der Waals surface area contributed by atoms with Crippen molar-refractivity contribution in [1.82, 2.24) is 14.8 Å². The quantitative estimate of drug-likeness (QED) is 0.566. The predicted molar refractivity (Wildman–Crippen MR) is 94.7 cm³/mol. The van der Waals surface area contributed by atoms with E-state index in [1.165, 1.54) is 17.8 Å². The van der Waals surface area contributed by atoms with Crippen LogP contribution >= 0.6 is 11.8 Å². The molecule has 2 aromatic rings. The molecule has 1 fully saturated rings. The maximum atomic E-state index is 13.4. The summed E-state index contributed by atoms with van der Waals surface area (Å²) < 4.78 is 33.8. The van der Waals surface area contributed by atoms with Crippen molar-refractivity contribution in [3.8, 4) is 0 Å². The molecule has 6 nitrogen and oxygen atoms in total. The standard InChI is InChI=1S/C17H20F2N4O2S/c1-3-23-16(22-6-8-25-9-7-22)20-21-17(23)26-11(2)15(24)12-4-5-13(18)14(19)10-12/h4-5,10-11H,3,6-9H2,1-2H3/t11-/m0/s1. The van der Waals surface area contributed by atoms with Crippen LogP contribution < -0.4 is 4.90 Å². The number of ether oxygens (including phenoxy) is 1. The van der Waals surface area contributed by atoms with Gasteiger partial charge in [-0.15, -0.1) is 10.2 Å². The van der Waals surface area contributed by atoms with Crippen molar-refractivity contribution in [3.63, 3.8) is 0 Å². The Kier molecular flexibility index (Phi) is 5.87. The number of carbonyl (C=O) groups excluding carboxylic acids is 1. The molecule has 0 amide bonds. The minimum atomic E-state index is -1.03. The molecular weight excluding hydrogens is 362 g/mol. The lowest BCUT2D eigenvalue weighted by molar-refractivity contribution is 0.0993. The lowest BCUT2D eigenvalue weighted by atomic mass is 10.1. The number of carbonyl (C=O) groups is 1. The van der Waals surface area contributed by atoms with Gasteiger partial charge >= 0.3 is 0 Å². The molecular formula is C17H20F2N4O2S. The Morgan fingerprint density at radius 1 is 1.27 bits per heavy atom. The van der Waals surface area contributed by atoms with E-state index in [9.17, 15) is 13.6 Å². The summed E-state index contributed by atoms with van der Waals surface area (Å²) in [5.74, 6) is -1.53. The molecule has 1 saturated heterocycles. The van der Waals surface area contributed by atoms with Crippen LogP contribution in [0, 0.1) is 11.6 Å². The van der Waals surface area contributed by atoms with E-state index in [-0.39, 0.29) is 11.3 Å². The van der Waals surface area contributed by atoms with Crippen LogP contribution in [-0.2, 0) is 11.3 Å². The number of aromatic nitrogens is 3. The van der Waals surface area contributed by atoms with Crippen molar-refractivity contribution < 1.29 is 18.3 Å². The first-order valence-electron chi connectivity index (χ1n) is 8.43. The van der Waals surface area contributed by atoms with Gasteiger partial charge in [-0.2, -0.15) is 0 Å². The number of thioether (sulfide) groups is 1. The molecule has 1 aromatic heterocycles. The van der Waals surface area contributed by atoms with Crippen LogP contribution in [-0.4, -0.2) is 52.1 Å². The third-order valence-corrected chi connectivity index (χ3v) is 5.24. The second kappa shape index (κ2) is 8.13. The van der Waals surface area contributed by atoms with E-state index in [1.807, 2.05) is 11.5 Å². The molecule has 0 saturated carbocycles. The van der Waals surface area contributed by atoms with Crippen LogP contribution in [0.1, 0.15) is 24.2 Å². The smallest absolute Gasteiger partial charge is 0.228 e. The molecule has 0 unspecified atom stereocenters. The molecule has 1 aliphatic heterocycles. The van der Waals surface area contributed by atoms with Crippen molar-refractivity contribution in [2.75, 3.05) is 31.2 Å². The van der Waals surface area contributed by atoms with Gasteiger partial charge in [0, 0.05) is 25.2 Å². The third kappa shape index (κ3) is 3.88. The molecule has 0 aliphatic carbocycles. The Bertz CT molecular complexity index is 793. The monoisotopic (exact) mass is 382 g/mol. The minimum Gasteiger partial charge on any atom is -0.378 e. The fourth-order valence-electron chi connectivity index (χ4n) is 2.74. The Morgan fingerprint density at radius 2 is 2.00 bits per heavy atom. The lowest BCUT2D eigenvalue weighted by Gasteiger charge is -2.27. The van der Waals surface area contributed by atoms with Gasteiger partial charge in [0.2, 0.25) is 5.95 Å². The van der Waals surface area contributed by atoms with Gasteiger partial charge in [0.05, 0.1) is 18.5 Å². The summed E-state index contributed by atoms with van der Waals surface area (Å²) in [5, 5.41) is 8.60. The average molecular weight is 382 g/mol. The Labute approximate surface area is 154 Å². The van der Waals surface area contributed by atoms with E-state index >= 15 is 0 Å². The number of hydrogen-bond donors (Lipinski definition) is 0. The highest BCUT2D eigenvalue weighted by Crippen LogP contribution is 2.28. The zero-order chi connectivity index (χ0) is 18.7. The van der Waals surface area contributed by atoms with Gasteiger partial charge < -0.3 is 9.64 Å². The van der Waals surface area contributed by atoms with E-state index in [4.69, 9.17) is 4.74 Å². The van der Waals surface area contributed by atoms with E-state index in [2.05, 4.69) is 15.1 Å². The van der Waals surface area contributed by atoms with E-state index in [0.29, 0.717) is 24.9 Å². The highest BCUT2D eigenvalue weighted by atomic mass is 32.2. The Morgan fingerprint density at radius 3 is 2.65 bits per heavy atom. The molecule has 0 radical (unpaired) electrons. The van der Waals surface area contributed by atoms with Gasteiger partial charge in [0.15, 0.2) is 22.6 Å². The van der Waals surface area contributed by atoms with Gasteiger partial charge in [-0.1, -0.05) is 11.8 Å². The zero-order valence-electron chi connectivity index (χ0n) is 14.6. The summed E-state index contributed by atoms with van der Waals surface area (Å²) in [7, 11) is 0. The van der Waals surface area contributed by atoms with Crippen molar-refractivity contribution in [2.24, 2.45) is 0 Å². The molecule has 0 N–H and O–H groups in total. The van der Waals surface area contributed by atoms with Crippen molar-refractivity contribution >= 4 is 23.5 Å². The average Bonchev–Trinajstić information content (AvgIpc) is 3.06. The molecule has 9 heteroatoms. The van der Waals surface area contributed by atoms with Crippen LogP contribution in [0.2, 0.25) is 0 Å². The normalized spacial score (nSPS) is 15.9. The number of halogens is 2. The molecule has 26 heavy (non-hydrogen) atoms. The first kappa shape index (κ1) is 18.8. The highest BCUT2D eigenvalue weighted by molar-refractivity contribution is 8.00. The number of rotatable bonds is 6. The lowest BCUT2D eigenvalue weighted by Crippen LogP contribution is -2.38. The fraction of sp³-hybridized carbons (Fsp3) is 0.471. The second-order valence-electron chi connectivity index (χ2n) is 5.88. The summed E-state index contributed by atoms with van der Waals surface area (Å²) >= 11 is 1.26. The van der Waals surface area contributed by atoms with Gasteiger partial charge in [0.1, 0.15) is 0 Å². The fourth-order valence-corrected chi connectivity index (χ4v) is 3.72. The topological polar surface area (TPSA) is 60.2 Å². The van der Waals surface area contributed by atoms with Crippen molar-refractivity contribution in [1.29, 1.82) is 0 Å². The number of ketones is 1. The van der Waals surface area contributed by atoms with Gasteiger partial charge in [-0.25, -0.2) is 8.78 Å². The maximum absolute atomic E-state index is 13.4. The minimum absolute atomic E-state index is 0.139. The maximum Gasteiger partial charge on any atom is 0.228 e. The summed E-state index contributed by atoms with van der Waals surface area (Å²) in [6.07, 6.45) is 0. The van der Waals surface area contributed by atoms with Crippen molar-refractivity contribution in [3.05, 3.63) is 35.4 Å². The van der Waals surface area contributed by atoms with E-state index < -0.39 is 16.9 Å². The first-order valence-corrected chi connectivity index (χ1v) is 9.31. The summed E-state index contributed by atoms with van der Waals surface area (Å²) in [6.45, 7) is 7.14. The Balaban J connectivity index is 1.76. The Hall–Kier alpha value is -2.00. The number of benzene rings is 1. The van der Waals surface area contributed by atoms with E-state index in [1.54, 1.807) is 6.92 Å². The predicted octanol–water partition coefficient (Wildman–Crippen LogP) is 2.78. The molecule has 1 aromatic carbocycles. The van der Waals surface area contributed by atoms with E-state index in [0.717, 1.165) is 31.2 Å². The van der Waals surface area contributed by atoms with Gasteiger partial charge in [-0.3, -0.25) is 9.36 Å². The van der Waals surface area contributed by atoms with Crippen LogP contribution in [0.4, 0.5) is 14.7 Å². The SMILES string of the molecule is CCn1c(S[C@@H](C)C(=O)c2ccc(F)c(F)c2)nnc1N1CCOCC1. The largest absolute Gasteiger partial charge is 0.378 e. The molecule has 2 heterocycles. The summed E-state index contributed by atoms with van der Waals surface area (Å²) in [4.78, 5) is 14.6. The molecule has 1 aliphatic rings. The second-order valence-corrected chi connectivity index (χ2v) is 7.19. The molecule has 1 atom stereocenters. The number of anilines is 1. The van der Waals surface area contributed by atoms with Gasteiger partial charge in [0.25, 0.3) is 0 Å². The van der Waals surface area contributed by atoms with Crippen LogP contribution in [0.25, 0.3) is 0 Å². The zero-order valence-corrected chi connectivity index (χ0v) is 15.4. The molecule has 0 bridgehead atoms. The molecule has 140 valence electrons. The van der Waals surface area contributed by atoms with Crippen molar-refractivity contribution in [2.45, 2.75) is 30.8 Å². The summed E-state index contributed by atoms with van der Waals surface area (Å²) in [5.41, 5.74) is 0.139. The van der Waals surface area contributed by atoms with Gasteiger partial charge in [-0.05, 0) is 32.0 Å². The third-order valence-electron chi connectivity index (χ3n) is 4.16. The molecule has 3 rings (SSSR count). The highest BCUT2D eigenvalue weighted by Gasteiger charge is 2.24. The van der Waals surface area contributed by atoms with Crippen LogP contribution in [0.15, 0.2) is 23.4 Å². The number of Topliss-reactive ketones (excluding diaryl/α,β-unsaturated/α-hetero) is 1. The number of nitrogens with zero attached hydrogens (tertiary/aromatic N) is 4. The number of morpholine rings is 1. The number of hydrogen-bond acceptors (Lipinski definition) is 6. The van der Waals surface area contributed by atoms with Crippen LogP contribution in [0.3, 0.4) is 0 Å². The van der Waals surface area contributed by atoms with Crippen LogP contribution in [0.5, 0.6) is 0 Å². The molecule has 0 spiro atoms. The summed E-state index contributed by atoms with van der Waals surface area (Å²) in [6, 6.07) is 3.19. The first-order chi connectivity index (χ1) is 12.5.